The number of carbonyl (C=O) groups excluding carboxylic acids is 1. The van der Waals surface area contributed by atoms with Crippen LogP contribution in [-0.2, 0) is 10.2 Å². The summed E-state index contributed by atoms with van der Waals surface area (Å²) < 4.78 is 0. The minimum Gasteiger partial charge on any atom is -0.548 e. The van der Waals surface area contributed by atoms with E-state index in [0.29, 0.717) is 5.56 Å². The Bertz CT molecular complexity index is 340. The third-order valence-electron chi connectivity index (χ3n) is 1.98. The second kappa shape index (κ2) is 4.92. The van der Waals surface area contributed by atoms with E-state index >= 15 is 0 Å². The van der Waals surface area contributed by atoms with Gasteiger partial charge in [0.25, 0.3) is 0 Å². The molecule has 0 aliphatic heterocycles. The zero-order valence-corrected chi connectivity index (χ0v) is 8.28. The number of benzene rings is 1. The van der Waals surface area contributed by atoms with Crippen molar-refractivity contribution in [3.8, 4) is 0 Å². The third-order valence-corrected chi connectivity index (χ3v) is 1.98. The van der Waals surface area contributed by atoms with Gasteiger partial charge in [0.2, 0.25) is 0 Å². The Hall–Kier alpha value is -0.375. The van der Waals surface area contributed by atoms with Gasteiger partial charge in [0.1, 0.15) is 0 Å². The molecule has 0 aromatic heterocycles. The summed E-state index contributed by atoms with van der Waals surface area (Å²) in [5.41, 5.74) is -0.314. The summed E-state index contributed by atoms with van der Waals surface area (Å²) in [6, 6.07) is 8.95. The molecule has 1 aromatic rings. The van der Waals surface area contributed by atoms with Crippen molar-refractivity contribution in [3.63, 3.8) is 0 Å². The van der Waals surface area contributed by atoms with Gasteiger partial charge in [-0.2, -0.15) is 0 Å². The number of carboxylic acids is 1. The molecule has 0 unspecified atom stereocenters. The number of aliphatic carboxylic acids is 1. The van der Waals surface area contributed by atoms with Crippen LogP contribution >= 0.6 is 0 Å². The van der Waals surface area contributed by atoms with Crippen molar-refractivity contribution in [2.75, 3.05) is 0 Å². The first-order chi connectivity index (χ1) is 5.76. The van der Waals surface area contributed by atoms with Gasteiger partial charge in [-0.25, -0.2) is 0 Å². The summed E-state index contributed by atoms with van der Waals surface area (Å²) in [6.45, 7) is 0. The van der Waals surface area contributed by atoms with Gasteiger partial charge in [-0.1, -0.05) is 36.4 Å². The van der Waals surface area contributed by atoms with Gasteiger partial charge in [0.05, 0.1) is 11.4 Å². The van der Waals surface area contributed by atoms with Gasteiger partial charge in [0.15, 0.2) is 0 Å². The number of carbonyl (C=O) groups is 1. The number of hydrogen-bond donors (Lipinski definition) is 0. The molecule has 1 aliphatic carbocycles. The second-order valence-corrected chi connectivity index (χ2v) is 2.75. The van der Waals surface area contributed by atoms with Crippen LogP contribution in [0.2, 0.25) is 0 Å². The topological polar surface area (TPSA) is 40.1 Å². The fourth-order valence-corrected chi connectivity index (χ4v) is 1.18. The van der Waals surface area contributed by atoms with Crippen LogP contribution in [0, 0.1) is 6.08 Å². The molecule has 0 saturated carbocycles. The van der Waals surface area contributed by atoms with Crippen LogP contribution < -0.4 is 24.0 Å². The van der Waals surface area contributed by atoms with Gasteiger partial charge in [-0.05, 0) is 11.6 Å². The number of hydrogen-bond acceptors (Lipinski definition) is 2. The zero-order chi connectivity index (χ0) is 8.60. The Labute approximate surface area is 107 Å². The quantitative estimate of drug-likeness (QED) is 0.438. The van der Waals surface area contributed by atoms with Crippen molar-refractivity contribution in [1.82, 2.24) is 0 Å². The second-order valence-electron chi connectivity index (χ2n) is 2.75. The van der Waals surface area contributed by atoms with Crippen molar-refractivity contribution in [2.45, 2.75) is 5.41 Å². The molecule has 0 spiro atoms. The molecule has 2 rings (SSSR count). The summed E-state index contributed by atoms with van der Waals surface area (Å²) in [5, 5.41) is 10.7. The Morgan fingerprint density at radius 3 is 2.14 bits per heavy atom. The summed E-state index contributed by atoms with van der Waals surface area (Å²) in [7, 11) is 0. The predicted molar refractivity (Wildman–Crippen MR) is 46.7 cm³/mol. The molecule has 14 heavy (non-hydrogen) atoms. The molecule has 0 bridgehead atoms. The Morgan fingerprint density at radius 2 is 1.79 bits per heavy atom. The first-order valence-corrected chi connectivity index (χ1v) is 3.65. The molecule has 2 radical (unpaired) electrons. The van der Waals surface area contributed by atoms with Gasteiger partial charge in [-0.15, -0.1) is 0 Å². The van der Waals surface area contributed by atoms with Crippen molar-refractivity contribution < 1.29 is 28.8 Å². The van der Waals surface area contributed by atoms with Crippen LogP contribution in [0.3, 0.4) is 0 Å². The molecule has 1 atom stereocenters. The van der Waals surface area contributed by atoms with Crippen molar-refractivity contribution >= 4 is 24.8 Å². The van der Waals surface area contributed by atoms with E-state index in [1.807, 2.05) is 6.07 Å². The fraction of sp³-hybridized carbons (Fsp3) is 0.100. The maximum Gasteiger partial charge on any atom is 1.00 e. The monoisotopic (exact) mass is 172 g/mol. The molecular weight excluding hydrogens is 166 g/mol. The van der Waals surface area contributed by atoms with Crippen LogP contribution in [0.5, 0.6) is 0 Å². The Kier molecular flexibility index (Phi) is 4.79. The summed E-state index contributed by atoms with van der Waals surface area (Å²) >= 11 is 0. The fourth-order valence-electron chi connectivity index (χ4n) is 1.18. The largest absolute Gasteiger partial charge is 1.00 e. The van der Waals surface area contributed by atoms with E-state index in [4.69, 9.17) is 0 Å². The summed E-state index contributed by atoms with van der Waals surface area (Å²) in [4.78, 5) is 10.7. The third kappa shape index (κ3) is 2.16. The van der Waals surface area contributed by atoms with E-state index in [1.165, 1.54) is 6.08 Å². The first kappa shape index (κ1) is 13.6. The Morgan fingerprint density at radius 1 is 1.29 bits per heavy atom. The summed E-state index contributed by atoms with van der Waals surface area (Å²) in [5.74, 6) is -1.10. The maximum absolute atomic E-state index is 10.7. The minimum absolute atomic E-state index is 0. The van der Waals surface area contributed by atoms with Crippen LogP contribution in [-0.4, -0.2) is 24.8 Å². The predicted octanol–water partition coefficient (Wildman–Crippen LogP) is -3.33. The van der Waals surface area contributed by atoms with E-state index in [1.54, 1.807) is 24.3 Å². The van der Waals surface area contributed by atoms with Gasteiger partial charge in [0, 0.05) is 18.9 Å². The number of rotatable bonds is 2. The van der Waals surface area contributed by atoms with E-state index in [9.17, 15) is 9.90 Å². The average molecular weight is 172 g/mol. The van der Waals surface area contributed by atoms with E-state index < -0.39 is 11.4 Å². The molecule has 0 heterocycles. The van der Waals surface area contributed by atoms with Gasteiger partial charge in [-0.3, -0.25) is 0 Å². The van der Waals surface area contributed by atoms with E-state index in [2.05, 4.69) is 6.08 Å². The molecule has 1 aliphatic rings. The Balaban J connectivity index is 0.000000845. The molecule has 0 N–H and O–H groups in total. The SMILES string of the molecule is O=C([O-])[C@]1(c2ccccc2)[C]=C1.[Li+].[Li]. The number of carboxylic acid groups (broad SMARTS) is 1. The molecule has 0 amide bonds. The van der Waals surface area contributed by atoms with Crippen LogP contribution in [0.4, 0.5) is 0 Å². The maximum atomic E-state index is 10.7. The van der Waals surface area contributed by atoms with Crippen molar-refractivity contribution in [2.24, 2.45) is 0 Å². The van der Waals surface area contributed by atoms with E-state index in [0.717, 1.165) is 0 Å². The van der Waals surface area contributed by atoms with Gasteiger partial charge >= 0.3 is 18.9 Å². The van der Waals surface area contributed by atoms with Crippen LogP contribution in [0.15, 0.2) is 36.4 Å². The van der Waals surface area contributed by atoms with Crippen molar-refractivity contribution in [1.29, 1.82) is 0 Å². The molecule has 60 valence electrons. The van der Waals surface area contributed by atoms with E-state index in [-0.39, 0.29) is 37.7 Å². The van der Waals surface area contributed by atoms with Crippen LogP contribution in [0.1, 0.15) is 5.56 Å². The van der Waals surface area contributed by atoms with Crippen molar-refractivity contribution in [3.05, 3.63) is 48.0 Å². The molecule has 1 aromatic carbocycles. The summed E-state index contributed by atoms with van der Waals surface area (Å²) in [6.07, 6.45) is 4.19. The molecule has 4 heteroatoms. The molecule has 2 nitrogen and oxygen atoms in total. The van der Waals surface area contributed by atoms with Gasteiger partial charge < -0.3 is 9.90 Å². The molecule has 0 saturated heterocycles. The molecule has 0 fully saturated rings. The normalized spacial score (nSPS) is 14.9. The molecular formula is C10H6Li2O2. The minimum atomic E-state index is -1.10. The smallest absolute Gasteiger partial charge is 0.548 e. The zero-order valence-electron chi connectivity index (χ0n) is 8.28. The van der Waals surface area contributed by atoms with Crippen LogP contribution in [0.25, 0.3) is 0 Å². The standard InChI is InChI=1S/C10H7O2.2Li/c11-9(12)10(6-7-10)8-4-2-1-3-5-8;;/h1-6H,(H,11,12);;/q;;+1/p-1/t10-;;/m0../s1. The average Bonchev–Trinajstić information content (AvgIpc) is 2.86. The first-order valence-electron chi connectivity index (χ1n) is 3.65.